The summed E-state index contributed by atoms with van der Waals surface area (Å²) in [7, 11) is -1.94. The van der Waals surface area contributed by atoms with E-state index in [4.69, 9.17) is 10.6 Å². The summed E-state index contributed by atoms with van der Waals surface area (Å²) in [6.07, 6.45) is 3.61. The van der Waals surface area contributed by atoms with Crippen molar-refractivity contribution in [3.63, 3.8) is 0 Å². The Labute approximate surface area is 205 Å². The van der Waals surface area contributed by atoms with E-state index in [2.05, 4.69) is 12.1 Å². The van der Waals surface area contributed by atoms with Crippen LogP contribution in [0, 0.1) is 0 Å². The van der Waals surface area contributed by atoms with E-state index in [-0.39, 0.29) is 24.8 Å². The molecule has 6 nitrogen and oxygen atoms in total. The van der Waals surface area contributed by atoms with E-state index in [0.717, 1.165) is 36.9 Å². The molecular formula is C23H35Cl2N3O3S. The lowest BCUT2D eigenvalue weighted by molar-refractivity contribution is 0.0420. The molecule has 1 aliphatic rings. The fourth-order valence-corrected chi connectivity index (χ4v) is 6.00. The smallest absolute Gasteiger partial charge is 0.243 e. The summed E-state index contributed by atoms with van der Waals surface area (Å²) < 4.78 is 33.3. The molecule has 0 aromatic heterocycles. The molecule has 0 amide bonds. The number of hydrogen-bond acceptors (Lipinski definition) is 5. The zero-order valence-electron chi connectivity index (χ0n) is 19.0. The van der Waals surface area contributed by atoms with Gasteiger partial charge in [0.05, 0.1) is 17.5 Å². The number of sulfonamides is 1. The molecule has 2 aromatic rings. The summed E-state index contributed by atoms with van der Waals surface area (Å²) in [5.41, 5.74) is 1.60. The number of piperidine rings is 1. The highest BCUT2D eigenvalue weighted by Gasteiger charge is 2.40. The summed E-state index contributed by atoms with van der Waals surface area (Å²) in [5.74, 6) is 7.25. The molecule has 0 bridgehead atoms. The number of nitrogens with zero attached hydrogens (tertiary/aromatic N) is 2. The number of halogens is 2. The van der Waals surface area contributed by atoms with Crippen molar-refractivity contribution in [2.45, 2.75) is 50.0 Å². The third kappa shape index (κ3) is 5.58. The lowest BCUT2D eigenvalue weighted by Gasteiger charge is -2.45. The van der Waals surface area contributed by atoms with Crippen molar-refractivity contribution in [3.8, 4) is 5.75 Å². The molecule has 0 spiro atoms. The lowest BCUT2D eigenvalue weighted by Crippen LogP contribution is -2.54. The van der Waals surface area contributed by atoms with E-state index in [9.17, 15) is 8.42 Å². The second kappa shape index (κ2) is 12.2. The molecule has 3 rings (SSSR count). The van der Waals surface area contributed by atoms with Crippen LogP contribution in [0.3, 0.4) is 0 Å². The van der Waals surface area contributed by atoms with E-state index in [1.54, 1.807) is 25.3 Å². The van der Waals surface area contributed by atoms with Crippen molar-refractivity contribution in [3.05, 3.63) is 59.7 Å². The molecule has 1 fully saturated rings. The van der Waals surface area contributed by atoms with E-state index in [1.807, 2.05) is 37.1 Å². The van der Waals surface area contributed by atoms with Gasteiger partial charge >= 0.3 is 0 Å². The summed E-state index contributed by atoms with van der Waals surface area (Å²) in [4.78, 5) is 0.296. The van der Waals surface area contributed by atoms with Gasteiger partial charge in [0.25, 0.3) is 0 Å². The van der Waals surface area contributed by atoms with Gasteiger partial charge in [-0.1, -0.05) is 44.2 Å². The number of hydrazine groups is 1. The van der Waals surface area contributed by atoms with Gasteiger partial charge in [0.2, 0.25) is 10.0 Å². The first-order chi connectivity index (χ1) is 14.4. The Morgan fingerprint density at radius 1 is 1.06 bits per heavy atom. The fraction of sp³-hybridized carbons (Fsp3) is 0.478. The molecule has 0 radical (unpaired) electrons. The quantitative estimate of drug-likeness (QED) is 0.541. The highest BCUT2D eigenvalue weighted by Crippen LogP contribution is 2.41. The fourth-order valence-electron chi connectivity index (χ4n) is 4.49. The Kier molecular flexibility index (Phi) is 10.9. The van der Waals surface area contributed by atoms with Gasteiger partial charge in [-0.2, -0.15) is 4.31 Å². The first-order valence-corrected chi connectivity index (χ1v) is 12.1. The van der Waals surface area contributed by atoms with Crippen LogP contribution in [0.5, 0.6) is 5.75 Å². The standard InChI is InChI=1S/C23H33N3O3S.2ClH/c1-4-25(5-2)30(27,28)21-13-14-22(29-3)19(17-21)18-23(15-9-10-16-26(23)24)20-11-7-6-8-12-20;;/h6-8,11-14,17H,4-5,9-10,15-16,18,24H2,1-3H3;2*1H. The second-order valence-corrected chi connectivity index (χ2v) is 9.73. The average Bonchev–Trinajstić information content (AvgIpc) is 2.76. The van der Waals surface area contributed by atoms with Gasteiger partial charge in [0, 0.05) is 19.6 Å². The SMILES string of the molecule is CCN(CC)S(=O)(=O)c1ccc(OC)c(CC2(c3ccccc3)CCCCN2N)c1.Cl.Cl. The first-order valence-electron chi connectivity index (χ1n) is 10.6. The third-order valence-corrected chi connectivity index (χ3v) is 8.22. The summed E-state index contributed by atoms with van der Waals surface area (Å²) >= 11 is 0. The highest BCUT2D eigenvalue weighted by molar-refractivity contribution is 7.89. The summed E-state index contributed by atoms with van der Waals surface area (Å²) in [6.45, 7) is 5.37. The van der Waals surface area contributed by atoms with Crippen LogP contribution in [0.4, 0.5) is 0 Å². The molecule has 0 aliphatic carbocycles. The van der Waals surface area contributed by atoms with Crippen LogP contribution < -0.4 is 10.6 Å². The van der Waals surface area contributed by atoms with Gasteiger partial charge in [-0.25, -0.2) is 13.4 Å². The monoisotopic (exact) mass is 503 g/mol. The molecule has 0 saturated carbocycles. The van der Waals surface area contributed by atoms with E-state index >= 15 is 0 Å². The molecule has 1 atom stereocenters. The second-order valence-electron chi connectivity index (χ2n) is 7.79. The Morgan fingerprint density at radius 2 is 1.72 bits per heavy atom. The maximum atomic E-state index is 13.1. The molecule has 32 heavy (non-hydrogen) atoms. The molecule has 1 heterocycles. The molecule has 2 N–H and O–H groups in total. The number of methoxy groups -OCH3 is 1. The Balaban J connectivity index is 0.00000256. The normalized spacial score (nSPS) is 19.2. The van der Waals surface area contributed by atoms with Crippen LogP contribution in [-0.4, -0.2) is 44.5 Å². The van der Waals surface area contributed by atoms with Gasteiger partial charge in [-0.15, -0.1) is 24.8 Å². The van der Waals surface area contributed by atoms with Crippen molar-refractivity contribution in [1.82, 2.24) is 9.31 Å². The maximum Gasteiger partial charge on any atom is 0.243 e. The van der Waals surface area contributed by atoms with E-state index < -0.39 is 15.6 Å². The van der Waals surface area contributed by atoms with Crippen LogP contribution in [0.15, 0.2) is 53.4 Å². The van der Waals surface area contributed by atoms with Crippen LogP contribution in [0.2, 0.25) is 0 Å². The van der Waals surface area contributed by atoms with Gasteiger partial charge in [-0.3, -0.25) is 5.84 Å². The van der Waals surface area contributed by atoms with Crippen molar-refractivity contribution in [1.29, 1.82) is 0 Å². The number of hydrogen-bond donors (Lipinski definition) is 1. The molecule has 2 aromatic carbocycles. The minimum atomic E-state index is -3.55. The van der Waals surface area contributed by atoms with Crippen LogP contribution in [0.1, 0.15) is 44.2 Å². The van der Waals surface area contributed by atoms with Gasteiger partial charge in [-0.05, 0) is 55.0 Å². The van der Waals surface area contributed by atoms with Crippen molar-refractivity contribution in [2.75, 3.05) is 26.7 Å². The van der Waals surface area contributed by atoms with Crippen molar-refractivity contribution >= 4 is 34.8 Å². The summed E-state index contributed by atoms with van der Waals surface area (Å²) in [6, 6.07) is 15.4. The van der Waals surface area contributed by atoms with E-state index in [1.165, 1.54) is 4.31 Å². The minimum Gasteiger partial charge on any atom is -0.496 e. The first kappa shape index (κ1) is 28.7. The predicted octanol–water partition coefficient (Wildman–Crippen LogP) is 4.37. The predicted molar refractivity (Wildman–Crippen MR) is 134 cm³/mol. The number of ether oxygens (including phenoxy) is 1. The highest BCUT2D eigenvalue weighted by atomic mass is 35.5. The molecule has 9 heteroatoms. The third-order valence-electron chi connectivity index (χ3n) is 6.18. The van der Waals surface area contributed by atoms with Crippen LogP contribution in [0.25, 0.3) is 0 Å². The lowest BCUT2D eigenvalue weighted by atomic mass is 9.77. The van der Waals surface area contributed by atoms with Crippen LogP contribution >= 0.6 is 24.8 Å². The Morgan fingerprint density at radius 3 is 2.28 bits per heavy atom. The number of nitrogens with two attached hydrogens (primary N) is 1. The molecule has 1 unspecified atom stereocenters. The van der Waals surface area contributed by atoms with Gasteiger partial charge in [0.15, 0.2) is 0 Å². The average molecular weight is 505 g/mol. The maximum absolute atomic E-state index is 13.1. The minimum absolute atomic E-state index is 0. The van der Waals surface area contributed by atoms with Crippen molar-refractivity contribution in [2.24, 2.45) is 5.84 Å². The van der Waals surface area contributed by atoms with Crippen molar-refractivity contribution < 1.29 is 13.2 Å². The zero-order valence-corrected chi connectivity index (χ0v) is 21.4. The number of benzene rings is 2. The summed E-state index contributed by atoms with van der Waals surface area (Å²) in [5, 5.41) is 1.93. The largest absolute Gasteiger partial charge is 0.496 e. The Bertz CT molecular complexity index is 956. The topological polar surface area (TPSA) is 75.9 Å². The van der Waals surface area contributed by atoms with Crippen LogP contribution in [-0.2, 0) is 22.0 Å². The molecule has 1 saturated heterocycles. The van der Waals surface area contributed by atoms with Gasteiger partial charge in [0.1, 0.15) is 5.75 Å². The molecular weight excluding hydrogens is 469 g/mol. The van der Waals surface area contributed by atoms with E-state index in [0.29, 0.717) is 30.2 Å². The molecule has 180 valence electrons. The molecule has 1 aliphatic heterocycles. The number of rotatable bonds is 8. The zero-order chi connectivity index (χ0) is 21.8. The van der Waals surface area contributed by atoms with Gasteiger partial charge < -0.3 is 4.74 Å². The Hall–Kier alpha value is -1.35.